The molecule has 0 amide bonds. The summed E-state index contributed by atoms with van der Waals surface area (Å²) in [5.41, 5.74) is 0. The molecule has 0 heterocycles. The van der Waals surface area contributed by atoms with Gasteiger partial charge in [0, 0.05) is 13.2 Å². The quantitative estimate of drug-likeness (QED) is 0.131. The van der Waals surface area contributed by atoms with Crippen molar-refractivity contribution in [2.75, 3.05) is 20.0 Å². The van der Waals surface area contributed by atoms with Crippen molar-refractivity contribution in [3.8, 4) is 0 Å². The molecule has 0 saturated heterocycles. The van der Waals surface area contributed by atoms with Crippen molar-refractivity contribution in [2.45, 2.75) is 132 Å². The topological polar surface area (TPSA) is 38.7 Å². The van der Waals surface area contributed by atoms with Crippen molar-refractivity contribution < 1.29 is 14.6 Å². The number of hydrogen-bond acceptors (Lipinski definition) is 3. The van der Waals surface area contributed by atoms with E-state index in [1.165, 1.54) is 51.4 Å². The number of aliphatic hydroxyl groups excluding tert-OH is 1. The average molecular weight is 457 g/mol. The van der Waals surface area contributed by atoms with E-state index >= 15 is 0 Å². The zero-order valence-corrected chi connectivity index (χ0v) is 23.2. The minimum atomic E-state index is -0.166. The Morgan fingerprint density at radius 3 is 1.38 bits per heavy atom. The molecule has 0 aromatic heterocycles. The Morgan fingerprint density at radius 2 is 0.938 bits per heavy atom. The van der Waals surface area contributed by atoms with Gasteiger partial charge in [0.25, 0.3) is 0 Å². The molecular weight excluding hydrogens is 396 g/mol. The third kappa shape index (κ3) is 20.5. The molecule has 0 aromatic rings. The Morgan fingerprint density at radius 1 is 0.531 bits per heavy atom. The van der Waals surface area contributed by atoms with Gasteiger partial charge in [-0.2, -0.15) is 0 Å². The third-order valence-corrected chi connectivity index (χ3v) is 6.81. The maximum Gasteiger partial charge on any atom is 0.146 e. The summed E-state index contributed by atoms with van der Waals surface area (Å²) in [4.78, 5) is 0. The van der Waals surface area contributed by atoms with Crippen LogP contribution in [-0.2, 0) is 9.47 Å². The number of ether oxygens (including phenoxy) is 2. The van der Waals surface area contributed by atoms with Gasteiger partial charge in [-0.3, -0.25) is 0 Å². The second kappa shape index (κ2) is 20.3. The second-order valence-corrected chi connectivity index (χ2v) is 11.7. The minimum absolute atomic E-state index is 0.166. The molecule has 0 aliphatic heterocycles. The van der Waals surface area contributed by atoms with Crippen LogP contribution in [0.15, 0.2) is 0 Å². The maximum absolute atomic E-state index is 9.59. The highest BCUT2D eigenvalue weighted by Crippen LogP contribution is 2.29. The highest BCUT2D eigenvalue weighted by atomic mass is 16.7. The van der Waals surface area contributed by atoms with Crippen molar-refractivity contribution in [1.29, 1.82) is 0 Å². The van der Waals surface area contributed by atoms with Crippen LogP contribution in [0.2, 0.25) is 0 Å². The molecule has 3 heteroatoms. The van der Waals surface area contributed by atoms with E-state index in [0.29, 0.717) is 12.7 Å². The largest absolute Gasteiger partial charge is 0.393 e. The van der Waals surface area contributed by atoms with Crippen LogP contribution in [0.25, 0.3) is 0 Å². The van der Waals surface area contributed by atoms with Gasteiger partial charge >= 0.3 is 0 Å². The van der Waals surface area contributed by atoms with Crippen molar-refractivity contribution in [3.63, 3.8) is 0 Å². The first kappa shape index (κ1) is 31.9. The van der Waals surface area contributed by atoms with Gasteiger partial charge in [-0.15, -0.1) is 0 Å². The van der Waals surface area contributed by atoms with Crippen molar-refractivity contribution >= 4 is 0 Å². The highest BCUT2D eigenvalue weighted by Gasteiger charge is 2.18. The Balaban J connectivity index is 3.84. The van der Waals surface area contributed by atoms with Crippen LogP contribution >= 0.6 is 0 Å². The normalized spacial score (nSPS) is 18.7. The lowest BCUT2D eigenvalue weighted by Gasteiger charge is -2.25. The number of rotatable bonds is 22. The molecule has 0 radical (unpaired) electrons. The molecule has 0 saturated carbocycles. The Bertz CT molecular complexity index is 398. The predicted molar refractivity (Wildman–Crippen MR) is 140 cm³/mol. The SMILES string of the molecule is CCCCCOCOCCCC(C)CC(C)CC(C)CC(C)CC(C)CC(C)CC(C)O. The van der Waals surface area contributed by atoms with E-state index in [-0.39, 0.29) is 6.10 Å². The molecule has 0 aliphatic rings. The van der Waals surface area contributed by atoms with Crippen molar-refractivity contribution in [1.82, 2.24) is 0 Å². The molecular formula is C29H60O3. The van der Waals surface area contributed by atoms with E-state index in [9.17, 15) is 5.11 Å². The van der Waals surface area contributed by atoms with Gasteiger partial charge in [-0.05, 0) is 100 Å². The van der Waals surface area contributed by atoms with Crippen LogP contribution in [0.4, 0.5) is 0 Å². The first-order valence-electron chi connectivity index (χ1n) is 14.0. The van der Waals surface area contributed by atoms with Crippen LogP contribution in [0.3, 0.4) is 0 Å². The predicted octanol–water partition coefficient (Wildman–Crippen LogP) is 8.49. The minimum Gasteiger partial charge on any atom is -0.393 e. The molecule has 0 aromatic carbocycles. The van der Waals surface area contributed by atoms with E-state index in [2.05, 4.69) is 48.5 Å². The molecule has 32 heavy (non-hydrogen) atoms. The van der Waals surface area contributed by atoms with Gasteiger partial charge in [0.1, 0.15) is 6.79 Å². The first-order chi connectivity index (χ1) is 15.1. The van der Waals surface area contributed by atoms with Crippen LogP contribution in [-0.4, -0.2) is 31.2 Å². The summed E-state index contributed by atoms with van der Waals surface area (Å²) in [5, 5.41) is 9.59. The second-order valence-electron chi connectivity index (χ2n) is 11.7. The van der Waals surface area contributed by atoms with Gasteiger partial charge in [0.05, 0.1) is 6.10 Å². The van der Waals surface area contributed by atoms with E-state index in [1.54, 1.807) is 0 Å². The Labute approximate surface area is 202 Å². The fourth-order valence-electron chi connectivity index (χ4n) is 5.78. The third-order valence-electron chi connectivity index (χ3n) is 6.81. The van der Waals surface area contributed by atoms with Crippen molar-refractivity contribution in [3.05, 3.63) is 0 Å². The van der Waals surface area contributed by atoms with E-state index < -0.39 is 0 Å². The molecule has 0 spiro atoms. The first-order valence-corrected chi connectivity index (χ1v) is 14.0. The summed E-state index contributed by atoms with van der Waals surface area (Å²) in [5.74, 6) is 4.57. The van der Waals surface area contributed by atoms with Crippen LogP contribution in [0.1, 0.15) is 126 Å². The lowest BCUT2D eigenvalue weighted by molar-refractivity contribution is -0.0561. The lowest BCUT2D eigenvalue weighted by Crippen LogP contribution is -2.14. The molecule has 194 valence electrons. The standard InChI is InChI=1S/C29H60O3/c1-9-10-11-14-31-22-32-15-12-13-23(2)16-24(3)17-25(4)18-26(5)19-27(6)20-28(7)21-29(8)30/h23-30H,9-22H2,1-8H3. The summed E-state index contributed by atoms with van der Waals surface area (Å²) in [6.07, 6.45) is 13.4. The average Bonchev–Trinajstić information content (AvgIpc) is 2.65. The molecule has 7 atom stereocenters. The summed E-state index contributed by atoms with van der Waals surface area (Å²) < 4.78 is 11.1. The molecule has 0 aliphatic carbocycles. The van der Waals surface area contributed by atoms with Gasteiger partial charge < -0.3 is 14.6 Å². The van der Waals surface area contributed by atoms with Gasteiger partial charge in [0.15, 0.2) is 0 Å². The molecule has 1 N–H and O–H groups in total. The van der Waals surface area contributed by atoms with E-state index in [0.717, 1.165) is 62.1 Å². The van der Waals surface area contributed by atoms with E-state index in [4.69, 9.17) is 9.47 Å². The smallest absolute Gasteiger partial charge is 0.146 e. The summed E-state index contributed by atoms with van der Waals surface area (Å²) in [6, 6.07) is 0. The highest BCUT2D eigenvalue weighted by molar-refractivity contribution is 4.69. The zero-order valence-electron chi connectivity index (χ0n) is 23.2. The zero-order chi connectivity index (χ0) is 24.4. The number of aliphatic hydroxyl groups is 1. The Kier molecular flexibility index (Phi) is 20.2. The molecule has 0 rings (SSSR count). The summed E-state index contributed by atoms with van der Waals surface area (Å²) in [6.45, 7) is 20.7. The summed E-state index contributed by atoms with van der Waals surface area (Å²) in [7, 11) is 0. The van der Waals surface area contributed by atoms with Crippen LogP contribution < -0.4 is 0 Å². The van der Waals surface area contributed by atoms with Crippen molar-refractivity contribution in [2.24, 2.45) is 35.5 Å². The fraction of sp³-hybridized carbons (Fsp3) is 1.00. The van der Waals surface area contributed by atoms with Gasteiger partial charge in [0.2, 0.25) is 0 Å². The maximum atomic E-state index is 9.59. The Hall–Kier alpha value is -0.120. The molecule has 3 nitrogen and oxygen atoms in total. The number of unbranched alkanes of at least 4 members (excludes halogenated alkanes) is 2. The molecule has 0 fully saturated rings. The number of hydrogen-bond donors (Lipinski definition) is 1. The van der Waals surface area contributed by atoms with Crippen LogP contribution in [0.5, 0.6) is 0 Å². The van der Waals surface area contributed by atoms with E-state index in [1.807, 2.05) is 6.92 Å². The summed E-state index contributed by atoms with van der Waals surface area (Å²) >= 11 is 0. The van der Waals surface area contributed by atoms with Gasteiger partial charge in [-0.25, -0.2) is 0 Å². The monoisotopic (exact) mass is 456 g/mol. The van der Waals surface area contributed by atoms with Gasteiger partial charge in [-0.1, -0.05) is 61.3 Å². The molecule has 0 bridgehead atoms. The van der Waals surface area contributed by atoms with Crippen LogP contribution in [0, 0.1) is 35.5 Å². The lowest BCUT2D eigenvalue weighted by atomic mass is 9.81. The molecule has 7 unspecified atom stereocenters. The fourth-order valence-corrected chi connectivity index (χ4v) is 5.78.